The van der Waals surface area contributed by atoms with Crippen molar-refractivity contribution in [2.75, 3.05) is 11.4 Å². The van der Waals surface area contributed by atoms with Crippen LogP contribution in [0.15, 0.2) is 71.3 Å². The highest BCUT2D eigenvalue weighted by Gasteiger charge is 2.20. The van der Waals surface area contributed by atoms with Gasteiger partial charge in [0, 0.05) is 29.3 Å². The number of hydrogen-bond donors (Lipinski definition) is 2. The zero-order chi connectivity index (χ0) is 25.2. The van der Waals surface area contributed by atoms with Crippen molar-refractivity contribution in [2.24, 2.45) is 0 Å². The summed E-state index contributed by atoms with van der Waals surface area (Å²) in [5.74, 6) is 0.0151. The molecule has 0 saturated carbocycles. The van der Waals surface area contributed by atoms with Crippen molar-refractivity contribution in [1.82, 2.24) is 10.3 Å². The summed E-state index contributed by atoms with van der Waals surface area (Å²) in [6.07, 6.45) is 2.51. The van der Waals surface area contributed by atoms with Crippen molar-refractivity contribution in [3.8, 4) is 5.75 Å². The molecule has 1 amide bonds. The van der Waals surface area contributed by atoms with E-state index in [0.29, 0.717) is 43.9 Å². The van der Waals surface area contributed by atoms with Gasteiger partial charge in [0.2, 0.25) is 0 Å². The van der Waals surface area contributed by atoms with Crippen LogP contribution in [0.1, 0.15) is 48.2 Å². The number of carbonyl (C=O) groups excluding carboxylic acids is 1. The average Bonchev–Trinajstić information content (AvgIpc) is 2.87. The molecule has 8 heteroatoms. The Balaban J connectivity index is 1.72. The summed E-state index contributed by atoms with van der Waals surface area (Å²) in [5, 5.41) is 11.8. The molecule has 1 atom stereocenters. The molecule has 3 aromatic rings. The highest BCUT2D eigenvalue weighted by atomic mass is 79.9. The monoisotopic (exact) mass is 539 g/mol. The van der Waals surface area contributed by atoms with Gasteiger partial charge in [0.25, 0.3) is 5.91 Å². The molecule has 1 unspecified atom stereocenters. The Bertz CT molecular complexity index is 1120. The summed E-state index contributed by atoms with van der Waals surface area (Å²) in [4.78, 5) is 30.4. The van der Waals surface area contributed by atoms with E-state index in [2.05, 4.69) is 31.1 Å². The first-order valence-corrected chi connectivity index (χ1v) is 12.4. The van der Waals surface area contributed by atoms with Gasteiger partial charge < -0.3 is 20.1 Å². The molecule has 0 spiro atoms. The van der Waals surface area contributed by atoms with Gasteiger partial charge in [-0.2, -0.15) is 0 Å². The van der Waals surface area contributed by atoms with E-state index in [-0.39, 0.29) is 0 Å². The highest BCUT2D eigenvalue weighted by Crippen LogP contribution is 2.27. The van der Waals surface area contributed by atoms with E-state index in [1.54, 1.807) is 12.1 Å². The van der Waals surface area contributed by atoms with Crippen molar-refractivity contribution in [1.29, 1.82) is 0 Å². The lowest BCUT2D eigenvalue weighted by Gasteiger charge is -2.24. The number of anilines is 1. The van der Waals surface area contributed by atoms with Gasteiger partial charge in [-0.05, 0) is 49.2 Å². The Kier molecular flexibility index (Phi) is 9.66. The third-order valence-electron chi connectivity index (χ3n) is 5.52. The highest BCUT2D eigenvalue weighted by molar-refractivity contribution is 9.10. The van der Waals surface area contributed by atoms with Crippen LogP contribution in [0.5, 0.6) is 5.75 Å². The molecule has 1 aromatic heterocycles. The molecule has 0 saturated heterocycles. The molecule has 2 aromatic carbocycles. The Labute approximate surface area is 214 Å². The molecule has 0 fully saturated rings. The molecule has 1 heterocycles. The number of nitrogens with zero attached hydrogens (tertiary/aromatic N) is 2. The largest absolute Gasteiger partial charge is 0.489 e. The molecule has 0 aliphatic carbocycles. The van der Waals surface area contributed by atoms with Gasteiger partial charge in [-0.1, -0.05) is 59.6 Å². The predicted octanol–water partition coefficient (Wildman–Crippen LogP) is 5.43. The smallest absolute Gasteiger partial charge is 0.326 e. The SMILES string of the molecule is CCCC(NC(=O)c1ccc(N(CC)Cc2cc(Br)ccc2OCc2ccccc2)nc1)C(=O)O. The summed E-state index contributed by atoms with van der Waals surface area (Å²) in [7, 11) is 0. The van der Waals surface area contributed by atoms with E-state index in [9.17, 15) is 14.7 Å². The molecule has 0 aliphatic heterocycles. The van der Waals surface area contributed by atoms with E-state index < -0.39 is 17.9 Å². The van der Waals surface area contributed by atoms with Gasteiger partial charge in [-0.15, -0.1) is 0 Å². The average molecular weight is 540 g/mol. The number of nitrogens with one attached hydrogen (secondary N) is 1. The number of halogens is 1. The topological polar surface area (TPSA) is 91.8 Å². The number of carbonyl (C=O) groups is 2. The number of rotatable bonds is 12. The number of pyridine rings is 1. The molecule has 0 bridgehead atoms. The number of carboxylic acid groups (broad SMARTS) is 1. The summed E-state index contributed by atoms with van der Waals surface area (Å²) >= 11 is 3.55. The van der Waals surface area contributed by atoms with Crippen LogP contribution in [0.4, 0.5) is 5.82 Å². The molecule has 0 radical (unpaired) electrons. The third-order valence-corrected chi connectivity index (χ3v) is 6.01. The van der Waals surface area contributed by atoms with Crippen LogP contribution in [0.3, 0.4) is 0 Å². The number of amides is 1. The fourth-order valence-electron chi connectivity index (χ4n) is 3.60. The van der Waals surface area contributed by atoms with Gasteiger partial charge in [0.05, 0.1) is 5.56 Å². The first kappa shape index (κ1) is 26.2. The maximum absolute atomic E-state index is 12.5. The van der Waals surface area contributed by atoms with Crippen molar-refractivity contribution < 1.29 is 19.4 Å². The Morgan fingerprint density at radius 2 is 1.89 bits per heavy atom. The van der Waals surface area contributed by atoms with Crippen LogP contribution in [0, 0.1) is 0 Å². The Morgan fingerprint density at radius 3 is 2.51 bits per heavy atom. The lowest BCUT2D eigenvalue weighted by Crippen LogP contribution is -2.40. The fourth-order valence-corrected chi connectivity index (χ4v) is 4.01. The van der Waals surface area contributed by atoms with E-state index in [0.717, 1.165) is 21.3 Å². The zero-order valence-electron chi connectivity index (χ0n) is 19.9. The molecule has 0 aliphatic rings. The predicted molar refractivity (Wildman–Crippen MR) is 140 cm³/mol. The molecule has 2 N–H and O–H groups in total. The van der Waals surface area contributed by atoms with Crippen LogP contribution in [-0.2, 0) is 17.9 Å². The normalized spacial score (nSPS) is 11.5. The molecule has 35 heavy (non-hydrogen) atoms. The van der Waals surface area contributed by atoms with Crippen LogP contribution < -0.4 is 15.0 Å². The van der Waals surface area contributed by atoms with Crippen molar-refractivity contribution >= 4 is 33.6 Å². The van der Waals surface area contributed by atoms with Gasteiger partial charge >= 0.3 is 5.97 Å². The van der Waals surface area contributed by atoms with Crippen molar-refractivity contribution in [3.05, 3.63) is 88.0 Å². The standard InChI is InChI=1S/C27H30BrN3O4/c1-3-8-23(27(33)34)30-26(32)20-11-14-25(29-16-20)31(4-2)17-21-15-22(28)12-13-24(21)35-18-19-9-6-5-7-10-19/h5-7,9-16,23H,3-4,8,17-18H2,1-2H3,(H,30,32)(H,33,34). The minimum atomic E-state index is -1.04. The second-order valence-electron chi connectivity index (χ2n) is 8.10. The lowest BCUT2D eigenvalue weighted by molar-refractivity contribution is -0.139. The second-order valence-corrected chi connectivity index (χ2v) is 9.01. The Hall–Kier alpha value is -3.39. The molecule has 184 valence electrons. The number of carboxylic acids is 1. The van der Waals surface area contributed by atoms with Crippen molar-refractivity contribution in [2.45, 2.75) is 45.9 Å². The van der Waals surface area contributed by atoms with Crippen LogP contribution in [-0.4, -0.2) is 34.6 Å². The van der Waals surface area contributed by atoms with Crippen LogP contribution >= 0.6 is 15.9 Å². The first-order valence-electron chi connectivity index (χ1n) is 11.6. The zero-order valence-corrected chi connectivity index (χ0v) is 21.5. The first-order chi connectivity index (χ1) is 16.9. The minimum Gasteiger partial charge on any atom is -0.489 e. The molecule has 3 rings (SSSR count). The third kappa shape index (κ3) is 7.55. The maximum atomic E-state index is 12.5. The molecular formula is C27H30BrN3O4. The second kappa shape index (κ2) is 12.9. The van der Waals surface area contributed by atoms with E-state index in [1.807, 2.05) is 62.4 Å². The van der Waals surface area contributed by atoms with Gasteiger partial charge in [-0.25, -0.2) is 9.78 Å². The summed E-state index contributed by atoms with van der Waals surface area (Å²) < 4.78 is 7.07. The summed E-state index contributed by atoms with van der Waals surface area (Å²) in [5.41, 5.74) is 2.42. The van der Waals surface area contributed by atoms with Crippen LogP contribution in [0.2, 0.25) is 0 Å². The lowest BCUT2D eigenvalue weighted by atomic mass is 10.1. The fraction of sp³-hybridized carbons (Fsp3) is 0.296. The van der Waals surface area contributed by atoms with E-state index >= 15 is 0 Å². The number of aliphatic carboxylic acids is 1. The van der Waals surface area contributed by atoms with Crippen molar-refractivity contribution in [3.63, 3.8) is 0 Å². The number of hydrogen-bond acceptors (Lipinski definition) is 5. The summed E-state index contributed by atoms with van der Waals surface area (Å²) in [6, 6.07) is 18.5. The van der Waals surface area contributed by atoms with Gasteiger partial charge in [0.15, 0.2) is 0 Å². The Morgan fingerprint density at radius 1 is 1.11 bits per heavy atom. The van der Waals surface area contributed by atoms with Gasteiger partial charge in [-0.3, -0.25) is 4.79 Å². The number of ether oxygens (including phenoxy) is 1. The molecular weight excluding hydrogens is 510 g/mol. The minimum absolute atomic E-state index is 0.321. The van der Waals surface area contributed by atoms with Crippen LogP contribution in [0.25, 0.3) is 0 Å². The quantitative estimate of drug-likeness (QED) is 0.318. The molecule has 7 nitrogen and oxygen atoms in total. The van der Waals surface area contributed by atoms with Gasteiger partial charge in [0.1, 0.15) is 24.2 Å². The summed E-state index contributed by atoms with van der Waals surface area (Å²) in [6.45, 7) is 5.64. The number of benzene rings is 2. The van der Waals surface area contributed by atoms with E-state index in [1.165, 1.54) is 6.20 Å². The number of aromatic nitrogens is 1. The maximum Gasteiger partial charge on any atom is 0.326 e. The van der Waals surface area contributed by atoms with E-state index in [4.69, 9.17) is 4.74 Å².